The third-order valence-corrected chi connectivity index (χ3v) is 0.365. The molecule has 2 N–H and O–H groups in total. The van der Waals surface area contributed by atoms with Crippen LogP contribution in [0.3, 0.4) is 0 Å². The maximum Gasteiger partial charge on any atom is 0.330 e. The first-order chi connectivity index (χ1) is 4.06. The summed E-state index contributed by atoms with van der Waals surface area (Å²) in [5.41, 5.74) is 0.176. The number of carboxylic acids is 1. The Labute approximate surface area is 83.8 Å². The molecule has 0 saturated carbocycles. The van der Waals surface area contributed by atoms with Gasteiger partial charge in [-0.1, -0.05) is 13.1 Å². The molecule has 0 aromatic carbocycles. The SMILES string of the molecule is C=C(C)C(=O)O.O=[C-]O.[Y]. The predicted octanol–water partition coefficient (Wildman–Crippen LogP) is 0.256. The molecule has 0 unspecified atom stereocenters. The Kier molecular flexibility index (Phi) is 19.0. The number of carboxylic acid groups (broad SMARTS) is 1. The molecule has 0 aromatic rings. The van der Waals surface area contributed by atoms with E-state index in [-0.39, 0.29) is 38.3 Å². The molecule has 0 aromatic heterocycles. The van der Waals surface area contributed by atoms with Gasteiger partial charge in [0.25, 0.3) is 0 Å². The van der Waals surface area contributed by atoms with Crippen LogP contribution in [0, 0.1) is 0 Å². The largest absolute Gasteiger partial charge is 0.665 e. The Balaban J connectivity index is -0.000000107. The first-order valence-electron chi connectivity index (χ1n) is 1.96. The van der Waals surface area contributed by atoms with E-state index in [4.69, 9.17) is 15.0 Å². The Bertz CT molecular complexity index is 109. The molecule has 0 aliphatic rings. The van der Waals surface area contributed by atoms with E-state index in [0.29, 0.717) is 6.47 Å². The molecule has 0 saturated heterocycles. The fourth-order valence-electron chi connectivity index (χ4n) is 0. The maximum atomic E-state index is 9.60. The van der Waals surface area contributed by atoms with Crippen LogP contribution in [0.2, 0.25) is 0 Å². The molecule has 1 radical (unpaired) electrons. The van der Waals surface area contributed by atoms with E-state index < -0.39 is 5.97 Å². The van der Waals surface area contributed by atoms with E-state index in [1.165, 1.54) is 6.92 Å². The van der Waals surface area contributed by atoms with Crippen molar-refractivity contribution in [3.8, 4) is 0 Å². The predicted molar refractivity (Wildman–Crippen MR) is 30.8 cm³/mol. The van der Waals surface area contributed by atoms with Crippen LogP contribution < -0.4 is 0 Å². The Morgan fingerprint density at radius 3 is 1.70 bits per heavy atom. The molecule has 0 spiro atoms. The molecule has 0 fully saturated rings. The van der Waals surface area contributed by atoms with Crippen molar-refractivity contribution in [3.05, 3.63) is 12.2 Å². The van der Waals surface area contributed by atoms with Crippen LogP contribution in [0.25, 0.3) is 0 Å². The fourth-order valence-corrected chi connectivity index (χ4v) is 0. The molecule has 55 valence electrons. The number of aliphatic carboxylic acids is 1. The molecule has 0 aliphatic heterocycles. The Hall–Kier alpha value is -0.216. The monoisotopic (exact) mass is 220 g/mol. The molecule has 0 aliphatic carbocycles. The van der Waals surface area contributed by atoms with Crippen LogP contribution in [0.1, 0.15) is 6.92 Å². The minimum Gasteiger partial charge on any atom is -0.665 e. The molecule has 0 rings (SSSR count). The van der Waals surface area contributed by atoms with E-state index in [0.717, 1.165) is 0 Å². The fraction of sp³-hybridized carbons (Fsp3) is 0.200. The first kappa shape index (κ1) is 16.4. The van der Waals surface area contributed by atoms with Crippen molar-refractivity contribution in [2.45, 2.75) is 6.92 Å². The number of aliphatic hydroxyl groups excluding tert-OH is 1. The zero-order valence-electron chi connectivity index (χ0n) is 5.50. The van der Waals surface area contributed by atoms with Crippen molar-refractivity contribution in [3.63, 3.8) is 0 Å². The molecule has 5 heteroatoms. The summed E-state index contributed by atoms with van der Waals surface area (Å²) in [7, 11) is 0. The zero-order valence-corrected chi connectivity index (χ0v) is 8.33. The summed E-state index contributed by atoms with van der Waals surface area (Å²) in [4.78, 5) is 17.8. The topological polar surface area (TPSA) is 74.6 Å². The van der Waals surface area contributed by atoms with Gasteiger partial charge >= 0.3 is 5.97 Å². The van der Waals surface area contributed by atoms with Crippen molar-refractivity contribution < 1.29 is 52.5 Å². The minimum atomic E-state index is -0.935. The van der Waals surface area contributed by atoms with Crippen LogP contribution in [-0.2, 0) is 42.3 Å². The van der Waals surface area contributed by atoms with Gasteiger partial charge in [0.15, 0.2) is 0 Å². The molecule has 0 atom stereocenters. The van der Waals surface area contributed by atoms with Gasteiger partial charge in [0.05, 0.1) is 0 Å². The van der Waals surface area contributed by atoms with Gasteiger partial charge < -0.3 is 15.0 Å². The van der Waals surface area contributed by atoms with Crippen LogP contribution in [0.5, 0.6) is 0 Å². The maximum absolute atomic E-state index is 9.60. The zero-order chi connectivity index (χ0) is 7.86. The summed E-state index contributed by atoms with van der Waals surface area (Å²) >= 11 is 0. The second-order valence-corrected chi connectivity index (χ2v) is 1.18. The van der Waals surface area contributed by atoms with Gasteiger partial charge in [0.1, 0.15) is 0 Å². The summed E-state index contributed by atoms with van der Waals surface area (Å²) in [6.07, 6.45) is 0. The van der Waals surface area contributed by atoms with E-state index in [1.807, 2.05) is 0 Å². The van der Waals surface area contributed by atoms with E-state index >= 15 is 0 Å². The quantitative estimate of drug-likeness (QED) is 0.490. The van der Waals surface area contributed by atoms with Crippen LogP contribution in [0.15, 0.2) is 12.2 Å². The van der Waals surface area contributed by atoms with Crippen molar-refractivity contribution in [2.24, 2.45) is 0 Å². The van der Waals surface area contributed by atoms with Gasteiger partial charge in [-0.15, -0.1) is 0 Å². The molecule has 0 heterocycles. The number of hydrogen-bond acceptors (Lipinski definition) is 2. The standard InChI is InChI=1S/C4H6O2.CHO2.Y/c1-3(2)4(5)6;2-1-3;/h1H2,2H3,(H,5,6);(H,2,3);/q;-1;. The first-order valence-corrected chi connectivity index (χ1v) is 1.96. The second-order valence-electron chi connectivity index (χ2n) is 1.18. The number of hydrogen-bond donors (Lipinski definition) is 2. The molecule has 0 bridgehead atoms. The van der Waals surface area contributed by atoms with Gasteiger partial charge in [-0.25, -0.2) is 4.79 Å². The summed E-state index contributed by atoms with van der Waals surface area (Å²) in [6, 6.07) is 0. The smallest absolute Gasteiger partial charge is 0.330 e. The second kappa shape index (κ2) is 11.6. The van der Waals surface area contributed by atoms with Crippen molar-refractivity contribution in [1.29, 1.82) is 0 Å². The average Bonchev–Trinajstić information content (AvgIpc) is 1.68. The Morgan fingerprint density at radius 1 is 1.60 bits per heavy atom. The number of rotatable bonds is 1. The molecular weight excluding hydrogens is 213 g/mol. The third kappa shape index (κ3) is 25.0. The number of carbonyl (C=O) groups is 1. The van der Waals surface area contributed by atoms with E-state index in [2.05, 4.69) is 6.58 Å². The minimum absolute atomic E-state index is 0. The average molecular weight is 220 g/mol. The van der Waals surface area contributed by atoms with Crippen LogP contribution >= 0.6 is 0 Å². The molecular formula is C5H7O4Y-. The summed E-state index contributed by atoms with van der Waals surface area (Å²) in [6.45, 7) is 5.10. The normalized spacial score (nSPS) is 5.70. The van der Waals surface area contributed by atoms with Gasteiger partial charge in [-0.3, -0.25) is 0 Å². The van der Waals surface area contributed by atoms with Gasteiger partial charge in [-0.2, -0.15) is 0 Å². The van der Waals surface area contributed by atoms with Crippen LogP contribution in [-0.4, -0.2) is 22.7 Å². The van der Waals surface area contributed by atoms with Crippen molar-refractivity contribution in [2.75, 3.05) is 0 Å². The molecule has 0 amide bonds. The summed E-state index contributed by atoms with van der Waals surface area (Å²) in [5.74, 6) is -0.935. The third-order valence-electron chi connectivity index (χ3n) is 0.365. The van der Waals surface area contributed by atoms with E-state index in [9.17, 15) is 4.79 Å². The molecule has 10 heavy (non-hydrogen) atoms. The Morgan fingerprint density at radius 2 is 1.70 bits per heavy atom. The van der Waals surface area contributed by atoms with Gasteiger partial charge in [0.2, 0.25) is 0 Å². The van der Waals surface area contributed by atoms with Gasteiger partial charge in [-0.05, 0) is 6.92 Å². The van der Waals surface area contributed by atoms with Gasteiger partial charge in [0, 0.05) is 38.3 Å². The molecule has 4 nitrogen and oxygen atoms in total. The summed E-state index contributed by atoms with van der Waals surface area (Å²) < 4.78 is 0. The van der Waals surface area contributed by atoms with Crippen molar-refractivity contribution >= 4 is 12.4 Å². The van der Waals surface area contributed by atoms with Crippen molar-refractivity contribution in [1.82, 2.24) is 0 Å². The van der Waals surface area contributed by atoms with Crippen LogP contribution in [0.4, 0.5) is 0 Å². The van der Waals surface area contributed by atoms with E-state index in [1.54, 1.807) is 0 Å². The summed E-state index contributed by atoms with van der Waals surface area (Å²) in [5, 5.41) is 14.7.